The molecule has 0 saturated heterocycles. The Hall–Kier alpha value is -4.00. The van der Waals surface area contributed by atoms with Gasteiger partial charge < -0.3 is 24.3 Å². The van der Waals surface area contributed by atoms with Crippen molar-refractivity contribution < 1.29 is 28.5 Å². The van der Waals surface area contributed by atoms with Crippen LogP contribution in [0, 0.1) is 0 Å². The van der Waals surface area contributed by atoms with E-state index >= 15 is 0 Å². The van der Waals surface area contributed by atoms with Crippen LogP contribution >= 0.6 is 0 Å². The standard InChI is InChI=1S/C23H21NO6/c1-27-17-12-13-18(23(26)28-2)21(14-17)29-15-22(25)24-19-10-6-7-11-20(19)30-16-8-4-3-5-9-16/h3-14H,15H2,1-2H3,(H,24,25). The lowest BCUT2D eigenvalue weighted by Crippen LogP contribution is -2.21. The van der Waals surface area contributed by atoms with E-state index in [2.05, 4.69) is 5.32 Å². The number of benzene rings is 3. The lowest BCUT2D eigenvalue weighted by Gasteiger charge is -2.14. The quantitative estimate of drug-likeness (QED) is 0.561. The van der Waals surface area contributed by atoms with Crippen molar-refractivity contribution in [2.24, 2.45) is 0 Å². The Bertz CT molecular complexity index is 1020. The second-order valence-corrected chi connectivity index (χ2v) is 6.10. The Kier molecular flexibility index (Phi) is 6.89. The van der Waals surface area contributed by atoms with E-state index in [1.807, 2.05) is 36.4 Å². The van der Waals surface area contributed by atoms with Gasteiger partial charge in [0, 0.05) is 6.07 Å². The molecule has 3 aromatic carbocycles. The first-order chi connectivity index (χ1) is 14.6. The van der Waals surface area contributed by atoms with Crippen LogP contribution in [0.3, 0.4) is 0 Å². The average Bonchev–Trinajstić information content (AvgIpc) is 2.79. The summed E-state index contributed by atoms with van der Waals surface area (Å²) in [6.45, 7) is -0.323. The van der Waals surface area contributed by atoms with Gasteiger partial charge in [-0.2, -0.15) is 0 Å². The molecular formula is C23H21NO6. The fourth-order valence-corrected chi connectivity index (χ4v) is 2.63. The molecule has 7 heteroatoms. The van der Waals surface area contributed by atoms with Crippen molar-refractivity contribution in [1.82, 2.24) is 0 Å². The Morgan fingerprint density at radius 3 is 2.30 bits per heavy atom. The van der Waals surface area contributed by atoms with Gasteiger partial charge in [0.05, 0.1) is 19.9 Å². The predicted octanol–water partition coefficient (Wildman–Crippen LogP) is 4.29. The van der Waals surface area contributed by atoms with Crippen LogP contribution < -0.4 is 19.5 Å². The fourth-order valence-electron chi connectivity index (χ4n) is 2.63. The summed E-state index contributed by atoms with van der Waals surface area (Å²) in [6.07, 6.45) is 0. The molecule has 30 heavy (non-hydrogen) atoms. The molecular weight excluding hydrogens is 386 g/mol. The van der Waals surface area contributed by atoms with Crippen molar-refractivity contribution in [3.8, 4) is 23.0 Å². The number of hydrogen-bond donors (Lipinski definition) is 1. The maximum Gasteiger partial charge on any atom is 0.341 e. The highest BCUT2D eigenvalue weighted by molar-refractivity contribution is 5.95. The first-order valence-electron chi connectivity index (χ1n) is 9.11. The van der Waals surface area contributed by atoms with Gasteiger partial charge in [-0.3, -0.25) is 4.79 Å². The van der Waals surface area contributed by atoms with E-state index in [9.17, 15) is 9.59 Å². The van der Waals surface area contributed by atoms with Gasteiger partial charge in [-0.1, -0.05) is 30.3 Å². The van der Waals surface area contributed by atoms with Crippen LogP contribution in [0.2, 0.25) is 0 Å². The van der Waals surface area contributed by atoms with E-state index in [1.165, 1.54) is 26.4 Å². The van der Waals surface area contributed by atoms with Crippen molar-refractivity contribution in [2.75, 3.05) is 26.1 Å². The molecule has 7 nitrogen and oxygen atoms in total. The number of rotatable bonds is 8. The minimum atomic E-state index is -0.574. The molecule has 1 amide bonds. The number of para-hydroxylation sites is 3. The Labute approximate surface area is 174 Å². The number of carbonyl (C=O) groups is 2. The zero-order valence-corrected chi connectivity index (χ0v) is 16.6. The summed E-state index contributed by atoms with van der Waals surface area (Å²) in [6, 6.07) is 21.0. The first kappa shape index (κ1) is 20.7. The van der Waals surface area contributed by atoms with E-state index in [-0.39, 0.29) is 17.9 Å². The summed E-state index contributed by atoms with van der Waals surface area (Å²) in [7, 11) is 2.76. The zero-order chi connectivity index (χ0) is 21.3. The number of ether oxygens (including phenoxy) is 4. The van der Waals surface area contributed by atoms with E-state index in [4.69, 9.17) is 18.9 Å². The molecule has 0 heterocycles. The topological polar surface area (TPSA) is 83.1 Å². The molecule has 0 aliphatic rings. The Balaban J connectivity index is 1.69. The number of carbonyl (C=O) groups excluding carboxylic acids is 2. The molecule has 3 aromatic rings. The van der Waals surface area contributed by atoms with Crippen LogP contribution in [0.5, 0.6) is 23.0 Å². The molecule has 3 rings (SSSR count). The van der Waals surface area contributed by atoms with Crippen LogP contribution in [0.1, 0.15) is 10.4 Å². The Morgan fingerprint density at radius 2 is 1.57 bits per heavy atom. The fraction of sp³-hybridized carbons (Fsp3) is 0.130. The first-order valence-corrected chi connectivity index (χ1v) is 9.11. The molecule has 0 aliphatic carbocycles. The van der Waals surface area contributed by atoms with Gasteiger partial charge in [-0.25, -0.2) is 4.79 Å². The van der Waals surface area contributed by atoms with E-state index in [0.717, 1.165) is 0 Å². The maximum atomic E-state index is 12.5. The monoisotopic (exact) mass is 407 g/mol. The number of methoxy groups -OCH3 is 2. The number of nitrogens with one attached hydrogen (secondary N) is 1. The van der Waals surface area contributed by atoms with Crippen LogP contribution in [0.15, 0.2) is 72.8 Å². The van der Waals surface area contributed by atoms with Gasteiger partial charge in [0.25, 0.3) is 5.91 Å². The van der Waals surface area contributed by atoms with Crippen molar-refractivity contribution >= 4 is 17.6 Å². The van der Waals surface area contributed by atoms with Gasteiger partial charge in [0.2, 0.25) is 0 Å². The molecule has 154 valence electrons. The van der Waals surface area contributed by atoms with Crippen LogP contribution in [-0.4, -0.2) is 32.7 Å². The van der Waals surface area contributed by atoms with Gasteiger partial charge in [-0.15, -0.1) is 0 Å². The maximum absolute atomic E-state index is 12.5. The summed E-state index contributed by atoms with van der Waals surface area (Å²) in [5.74, 6) is 0.820. The molecule has 0 unspecified atom stereocenters. The molecule has 0 aromatic heterocycles. The largest absolute Gasteiger partial charge is 0.497 e. The lowest BCUT2D eigenvalue weighted by molar-refractivity contribution is -0.118. The Morgan fingerprint density at radius 1 is 0.833 bits per heavy atom. The lowest BCUT2D eigenvalue weighted by atomic mass is 10.2. The SMILES string of the molecule is COC(=O)c1ccc(OC)cc1OCC(=O)Nc1ccccc1Oc1ccccc1. The third-order valence-corrected chi connectivity index (χ3v) is 4.09. The summed E-state index contributed by atoms with van der Waals surface area (Å²) in [5.41, 5.74) is 0.688. The number of amides is 1. The molecule has 1 N–H and O–H groups in total. The molecule has 0 saturated carbocycles. The van der Waals surface area contributed by atoms with Crippen molar-refractivity contribution in [1.29, 1.82) is 0 Å². The number of esters is 1. The second kappa shape index (κ2) is 9.97. The summed E-state index contributed by atoms with van der Waals surface area (Å²) in [5, 5.41) is 2.76. The summed E-state index contributed by atoms with van der Waals surface area (Å²) >= 11 is 0. The van der Waals surface area contributed by atoms with E-state index in [1.54, 1.807) is 24.3 Å². The predicted molar refractivity (Wildman–Crippen MR) is 111 cm³/mol. The highest BCUT2D eigenvalue weighted by Gasteiger charge is 2.16. The smallest absolute Gasteiger partial charge is 0.341 e. The highest BCUT2D eigenvalue weighted by atomic mass is 16.5. The van der Waals surface area contributed by atoms with Crippen LogP contribution in [0.25, 0.3) is 0 Å². The van der Waals surface area contributed by atoms with E-state index < -0.39 is 11.9 Å². The number of anilines is 1. The normalized spacial score (nSPS) is 10.1. The van der Waals surface area contributed by atoms with Crippen LogP contribution in [0.4, 0.5) is 5.69 Å². The van der Waals surface area contributed by atoms with Gasteiger partial charge in [0.1, 0.15) is 22.8 Å². The third kappa shape index (κ3) is 5.29. The zero-order valence-electron chi connectivity index (χ0n) is 16.6. The van der Waals surface area contributed by atoms with E-state index in [0.29, 0.717) is 22.9 Å². The molecule has 0 atom stereocenters. The molecule has 0 bridgehead atoms. The third-order valence-electron chi connectivity index (χ3n) is 4.09. The molecule has 0 aliphatic heterocycles. The number of hydrogen-bond acceptors (Lipinski definition) is 6. The van der Waals surface area contributed by atoms with Gasteiger partial charge in [-0.05, 0) is 36.4 Å². The van der Waals surface area contributed by atoms with Gasteiger partial charge >= 0.3 is 5.97 Å². The highest BCUT2D eigenvalue weighted by Crippen LogP contribution is 2.29. The average molecular weight is 407 g/mol. The minimum Gasteiger partial charge on any atom is -0.497 e. The van der Waals surface area contributed by atoms with Crippen LogP contribution in [-0.2, 0) is 9.53 Å². The van der Waals surface area contributed by atoms with Crippen molar-refractivity contribution in [3.63, 3.8) is 0 Å². The van der Waals surface area contributed by atoms with Crippen molar-refractivity contribution in [3.05, 3.63) is 78.4 Å². The van der Waals surface area contributed by atoms with Gasteiger partial charge in [0.15, 0.2) is 12.4 Å². The minimum absolute atomic E-state index is 0.185. The van der Waals surface area contributed by atoms with Crippen molar-refractivity contribution in [2.45, 2.75) is 0 Å². The summed E-state index contributed by atoms with van der Waals surface area (Å²) in [4.78, 5) is 24.4. The molecule has 0 radical (unpaired) electrons. The molecule has 0 fully saturated rings. The summed E-state index contributed by atoms with van der Waals surface area (Å²) < 4.78 is 21.3. The second-order valence-electron chi connectivity index (χ2n) is 6.10. The molecule has 0 spiro atoms.